The second-order valence-electron chi connectivity index (χ2n) is 8.45. The van der Waals surface area contributed by atoms with E-state index in [1.165, 1.54) is 12.1 Å². The summed E-state index contributed by atoms with van der Waals surface area (Å²) in [4.78, 5) is 15.3. The van der Waals surface area contributed by atoms with Crippen LogP contribution in [0.1, 0.15) is 39.7 Å². The van der Waals surface area contributed by atoms with Gasteiger partial charge < -0.3 is 18.6 Å². The molecule has 1 aromatic heterocycles. The standard InChI is InChI=1S/C25H21ClF3NO5/c1-30-8-7-13-9-21-23(34-12-33-21)24(32-2)22(13)17(30)11-18(31)20-6-5-19(35-20)15-10-14(25(27,28)29)3-4-16(15)26/h3-6,9-10,17H,7-8,11-12H2,1-2H3/t17-/m1/s1. The highest BCUT2D eigenvalue weighted by Crippen LogP contribution is 2.50. The Bertz CT molecular complexity index is 1300. The molecule has 0 N–H and O–H groups in total. The molecule has 0 spiro atoms. The van der Waals surface area contributed by atoms with E-state index in [2.05, 4.69) is 4.90 Å². The highest BCUT2D eigenvalue weighted by atomic mass is 35.5. The van der Waals surface area contributed by atoms with Gasteiger partial charge in [0, 0.05) is 30.1 Å². The normalized spacial score (nSPS) is 17.4. The van der Waals surface area contributed by atoms with Crippen LogP contribution in [0, 0.1) is 0 Å². The van der Waals surface area contributed by atoms with E-state index in [0.29, 0.717) is 17.2 Å². The second-order valence-corrected chi connectivity index (χ2v) is 8.85. The average Bonchev–Trinajstić information content (AvgIpc) is 3.49. The Balaban J connectivity index is 1.45. The van der Waals surface area contributed by atoms with Gasteiger partial charge in [0.2, 0.25) is 12.5 Å². The molecule has 0 saturated heterocycles. The molecule has 3 heterocycles. The predicted octanol–water partition coefficient (Wildman–Crippen LogP) is 6.16. The number of carbonyl (C=O) groups excluding carboxylic acids is 1. The molecule has 6 nitrogen and oxygen atoms in total. The summed E-state index contributed by atoms with van der Waals surface area (Å²) in [5.41, 5.74) is 1.08. The van der Waals surface area contributed by atoms with E-state index >= 15 is 0 Å². The third-order valence-electron chi connectivity index (χ3n) is 6.37. The van der Waals surface area contributed by atoms with Crippen LogP contribution in [0.15, 0.2) is 40.8 Å². The number of benzene rings is 2. The van der Waals surface area contributed by atoms with Crippen molar-refractivity contribution < 1.29 is 36.6 Å². The van der Waals surface area contributed by atoms with Gasteiger partial charge in [0.1, 0.15) is 5.76 Å². The lowest BCUT2D eigenvalue weighted by Crippen LogP contribution is -2.34. The van der Waals surface area contributed by atoms with E-state index in [9.17, 15) is 18.0 Å². The van der Waals surface area contributed by atoms with Crippen LogP contribution in [0.25, 0.3) is 11.3 Å². The molecule has 0 amide bonds. The monoisotopic (exact) mass is 507 g/mol. The number of hydrogen-bond donors (Lipinski definition) is 0. The lowest BCUT2D eigenvalue weighted by Gasteiger charge is -2.35. The summed E-state index contributed by atoms with van der Waals surface area (Å²) < 4.78 is 61.9. The van der Waals surface area contributed by atoms with Crippen molar-refractivity contribution >= 4 is 17.4 Å². The molecule has 0 fully saturated rings. The molecule has 0 bridgehead atoms. The Morgan fingerprint density at radius 2 is 2.00 bits per heavy atom. The highest BCUT2D eigenvalue weighted by Gasteiger charge is 2.36. The van der Waals surface area contributed by atoms with Crippen LogP contribution in [-0.2, 0) is 12.6 Å². The lowest BCUT2D eigenvalue weighted by molar-refractivity contribution is -0.137. The topological polar surface area (TPSA) is 61.1 Å². The molecule has 0 saturated carbocycles. The molecule has 10 heteroatoms. The van der Waals surface area contributed by atoms with Gasteiger partial charge in [0.05, 0.1) is 17.7 Å². The van der Waals surface area contributed by atoms with Crippen molar-refractivity contribution in [2.24, 2.45) is 0 Å². The SMILES string of the molecule is COc1c2c(cc3c1[C@@H](CC(=O)c1ccc(-c4cc(C(F)(F)F)ccc4Cl)o1)N(C)CC3)OCO2. The number of nitrogens with zero attached hydrogens (tertiary/aromatic N) is 1. The average molecular weight is 508 g/mol. The van der Waals surface area contributed by atoms with Gasteiger partial charge in [-0.1, -0.05) is 11.6 Å². The van der Waals surface area contributed by atoms with Crippen LogP contribution < -0.4 is 14.2 Å². The van der Waals surface area contributed by atoms with E-state index < -0.39 is 11.7 Å². The molecule has 35 heavy (non-hydrogen) atoms. The molecule has 2 aliphatic heterocycles. The lowest BCUT2D eigenvalue weighted by atomic mass is 9.88. The Morgan fingerprint density at radius 1 is 1.20 bits per heavy atom. The van der Waals surface area contributed by atoms with Crippen LogP contribution in [0.5, 0.6) is 17.2 Å². The van der Waals surface area contributed by atoms with E-state index in [4.69, 9.17) is 30.2 Å². The van der Waals surface area contributed by atoms with E-state index in [1.54, 1.807) is 7.11 Å². The number of alkyl halides is 3. The Kier molecular flexibility index (Phi) is 5.93. The first-order valence-electron chi connectivity index (χ1n) is 10.9. The minimum absolute atomic E-state index is 0.0358. The van der Waals surface area contributed by atoms with Gasteiger partial charge in [-0.15, -0.1) is 0 Å². The number of hydrogen-bond acceptors (Lipinski definition) is 6. The van der Waals surface area contributed by atoms with Crippen LogP contribution in [0.4, 0.5) is 13.2 Å². The molecule has 5 rings (SSSR count). The van der Waals surface area contributed by atoms with E-state index in [-0.39, 0.29) is 47.1 Å². The number of rotatable bonds is 5. The van der Waals surface area contributed by atoms with Crippen molar-refractivity contribution in [1.29, 1.82) is 0 Å². The maximum Gasteiger partial charge on any atom is 0.416 e. The summed E-state index contributed by atoms with van der Waals surface area (Å²) in [7, 11) is 3.46. The maximum atomic E-state index is 13.2. The minimum Gasteiger partial charge on any atom is -0.492 e. The summed E-state index contributed by atoms with van der Waals surface area (Å²) >= 11 is 6.13. The zero-order valence-corrected chi connectivity index (χ0v) is 19.6. The summed E-state index contributed by atoms with van der Waals surface area (Å²) in [5, 5.41) is 0.0908. The zero-order valence-electron chi connectivity index (χ0n) is 18.9. The first kappa shape index (κ1) is 23.6. The first-order valence-corrected chi connectivity index (χ1v) is 11.2. The molecule has 0 radical (unpaired) electrons. The largest absolute Gasteiger partial charge is 0.492 e. The van der Waals surface area contributed by atoms with E-state index in [0.717, 1.165) is 42.3 Å². The number of Topliss-reactive ketones (excluding diaryl/α,β-unsaturated/α-hetero) is 1. The van der Waals surface area contributed by atoms with Crippen molar-refractivity contribution in [3.63, 3.8) is 0 Å². The van der Waals surface area contributed by atoms with Crippen LogP contribution in [0.3, 0.4) is 0 Å². The maximum absolute atomic E-state index is 13.2. The van der Waals surface area contributed by atoms with Crippen LogP contribution >= 0.6 is 11.6 Å². The third-order valence-corrected chi connectivity index (χ3v) is 6.70. The third kappa shape index (κ3) is 4.23. The number of ether oxygens (including phenoxy) is 3. The second kappa shape index (κ2) is 8.80. The number of fused-ring (bicyclic) bond motifs is 2. The van der Waals surface area contributed by atoms with Gasteiger partial charge in [0.25, 0.3) is 0 Å². The van der Waals surface area contributed by atoms with Crippen LogP contribution in [0.2, 0.25) is 5.02 Å². The fraction of sp³-hybridized carbons (Fsp3) is 0.320. The van der Waals surface area contributed by atoms with Crippen LogP contribution in [-0.4, -0.2) is 38.2 Å². The molecule has 2 aromatic carbocycles. The van der Waals surface area contributed by atoms with Crippen molar-refractivity contribution in [3.8, 4) is 28.6 Å². The predicted molar refractivity (Wildman–Crippen MR) is 121 cm³/mol. The van der Waals surface area contributed by atoms with Gasteiger partial charge in [0.15, 0.2) is 23.0 Å². The highest BCUT2D eigenvalue weighted by molar-refractivity contribution is 6.33. The van der Waals surface area contributed by atoms with Crippen molar-refractivity contribution in [2.75, 3.05) is 27.5 Å². The van der Waals surface area contributed by atoms with Gasteiger partial charge in [-0.2, -0.15) is 13.2 Å². The van der Waals surface area contributed by atoms with Gasteiger partial charge in [-0.05, 0) is 55.4 Å². The summed E-state index contributed by atoms with van der Waals surface area (Å²) in [6.07, 6.45) is -3.71. The number of carbonyl (C=O) groups is 1. The number of likely N-dealkylation sites (N-methyl/N-ethyl adjacent to an activating group) is 1. The van der Waals surface area contributed by atoms with E-state index in [1.807, 2.05) is 13.1 Å². The number of halogens is 4. The first-order chi connectivity index (χ1) is 16.7. The Hall–Kier alpha value is -3.17. The minimum atomic E-state index is -4.53. The Morgan fingerprint density at radius 3 is 2.74 bits per heavy atom. The number of ketones is 1. The smallest absolute Gasteiger partial charge is 0.416 e. The van der Waals surface area contributed by atoms with Crippen molar-refractivity contribution in [3.05, 3.63) is 63.9 Å². The summed E-state index contributed by atoms with van der Waals surface area (Å²) in [6.45, 7) is 0.818. The molecule has 3 aromatic rings. The molecule has 2 aliphatic rings. The molecule has 1 atom stereocenters. The molecular weight excluding hydrogens is 487 g/mol. The fourth-order valence-corrected chi connectivity index (χ4v) is 4.79. The van der Waals surface area contributed by atoms with Gasteiger partial charge in [-0.25, -0.2) is 0 Å². The quantitative estimate of drug-likeness (QED) is 0.386. The van der Waals surface area contributed by atoms with Gasteiger partial charge in [-0.3, -0.25) is 9.69 Å². The molecule has 0 aliphatic carbocycles. The summed E-state index contributed by atoms with van der Waals surface area (Å²) in [6, 6.07) is 7.48. The Labute approximate surface area is 204 Å². The van der Waals surface area contributed by atoms with Gasteiger partial charge >= 0.3 is 6.18 Å². The van der Waals surface area contributed by atoms with Crippen molar-refractivity contribution in [2.45, 2.75) is 25.1 Å². The molecular formula is C25H21ClF3NO5. The molecule has 0 unspecified atom stereocenters. The number of furan rings is 1. The molecule has 184 valence electrons. The summed E-state index contributed by atoms with van der Waals surface area (Å²) in [5.74, 6) is 1.48. The zero-order chi connectivity index (χ0) is 24.9. The fourth-order valence-electron chi connectivity index (χ4n) is 4.58. The van der Waals surface area contributed by atoms with Crippen molar-refractivity contribution in [1.82, 2.24) is 4.90 Å². The number of methoxy groups -OCH3 is 1.